The minimum atomic E-state index is -0.425. The summed E-state index contributed by atoms with van der Waals surface area (Å²) in [6, 6.07) is 6.99. The number of hydrogen-bond acceptors (Lipinski definition) is 3. The molecule has 0 aliphatic heterocycles. The van der Waals surface area contributed by atoms with E-state index < -0.39 is 6.04 Å². The highest BCUT2D eigenvalue weighted by Gasteiger charge is 2.10. The number of nitrogens with zero attached hydrogens (tertiary/aromatic N) is 1. The Labute approximate surface area is 102 Å². The second kappa shape index (κ2) is 6.09. The molecule has 0 heterocycles. The molecule has 3 nitrogen and oxygen atoms in total. The van der Waals surface area contributed by atoms with Gasteiger partial charge in [-0.05, 0) is 33.6 Å². The van der Waals surface area contributed by atoms with Crippen LogP contribution in [0.25, 0.3) is 0 Å². The van der Waals surface area contributed by atoms with Crippen LogP contribution in [-0.2, 0) is 0 Å². The van der Waals surface area contributed by atoms with Gasteiger partial charge >= 0.3 is 0 Å². The first-order valence-corrected chi connectivity index (χ1v) is 5.55. The number of rotatable bonds is 4. The minimum Gasteiger partial charge on any atom is -0.395 e. The van der Waals surface area contributed by atoms with Crippen LogP contribution in [0.3, 0.4) is 0 Å². The monoisotopic (exact) mass is 288 g/mol. The molecule has 0 aliphatic carbocycles. The Morgan fingerprint density at radius 1 is 1.60 bits per heavy atom. The topological polar surface area (TPSA) is 56.0 Å². The molecular weight excluding hydrogens is 279 g/mol. The van der Waals surface area contributed by atoms with Crippen molar-refractivity contribution in [3.05, 3.63) is 33.3 Å². The standard InChI is InChI=1S/C10H10BrClN2O/c11-8-5-7(1-2-9(8)12)10(6-13)14-3-4-15/h1-2,5,10,14-15H,3-4H2. The van der Waals surface area contributed by atoms with Gasteiger partial charge in [0.25, 0.3) is 0 Å². The molecule has 0 amide bonds. The highest BCUT2D eigenvalue weighted by Crippen LogP contribution is 2.25. The largest absolute Gasteiger partial charge is 0.395 e. The van der Waals surface area contributed by atoms with Gasteiger partial charge in [-0.1, -0.05) is 17.7 Å². The van der Waals surface area contributed by atoms with Crippen LogP contribution >= 0.6 is 27.5 Å². The highest BCUT2D eigenvalue weighted by atomic mass is 79.9. The van der Waals surface area contributed by atoms with Gasteiger partial charge in [-0.25, -0.2) is 0 Å². The molecule has 80 valence electrons. The third kappa shape index (κ3) is 3.47. The van der Waals surface area contributed by atoms with E-state index >= 15 is 0 Å². The average Bonchev–Trinajstić information content (AvgIpc) is 2.24. The summed E-state index contributed by atoms with van der Waals surface area (Å²) >= 11 is 9.14. The molecule has 1 unspecified atom stereocenters. The van der Waals surface area contributed by atoms with Gasteiger partial charge in [0.05, 0.1) is 17.7 Å². The van der Waals surface area contributed by atoms with E-state index in [1.54, 1.807) is 18.2 Å². The van der Waals surface area contributed by atoms with Crippen LogP contribution in [0.15, 0.2) is 22.7 Å². The van der Waals surface area contributed by atoms with Crippen molar-refractivity contribution in [3.8, 4) is 6.07 Å². The number of benzene rings is 1. The van der Waals surface area contributed by atoms with E-state index in [1.807, 2.05) is 0 Å². The molecule has 0 spiro atoms. The molecule has 1 aromatic rings. The van der Waals surface area contributed by atoms with Crippen molar-refractivity contribution in [1.29, 1.82) is 5.26 Å². The summed E-state index contributed by atoms with van der Waals surface area (Å²) in [6.07, 6.45) is 0. The number of nitriles is 1. The molecule has 0 aromatic heterocycles. The Morgan fingerprint density at radius 3 is 2.87 bits per heavy atom. The van der Waals surface area contributed by atoms with Crippen molar-refractivity contribution < 1.29 is 5.11 Å². The zero-order chi connectivity index (χ0) is 11.3. The quantitative estimate of drug-likeness (QED) is 0.894. The van der Waals surface area contributed by atoms with E-state index in [4.69, 9.17) is 22.0 Å². The second-order valence-electron chi connectivity index (χ2n) is 2.91. The lowest BCUT2D eigenvalue weighted by Crippen LogP contribution is -2.23. The zero-order valence-corrected chi connectivity index (χ0v) is 10.2. The number of halogens is 2. The van der Waals surface area contributed by atoms with Crippen molar-refractivity contribution in [2.24, 2.45) is 0 Å². The van der Waals surface area contributed by atoms with Gasteiger partial charge in [0.15, 0.2) is 0 Å². The van der Waals surface area contributed by atoms with Crippen LogP contribution in [0.4, 0.5) is 0 Å². The maximum Gasteiger partial charge on any atom is 0.121 e. The van der Waals surface area contributed by atoms with Gasteiger partial charge in [-0.2, -0.15) is 5.26 Å². The van der Waals surface area contributed by atoms with Crippen molar-refractivity contribution >= 4 is 27.5 Å². The summed E-state index contributed by atoms with van der Waals surface area (Å²) < 4.78 is 0.757. The summed E-state index contributed by atoms with van der Waals surface area (Å²) in [5, 5.41) is 21.1. The molecule has 15 heavy (non-hydrogen) atoms. The predicted molar refractivity (Wildman–Crippen MR) is 62.6 cm³/mol. The summed E-state index contributed by atoms with van der Waals surface area (Å²) in [5.74, 6) is 0. The van der Waals surface area contributed by atoms with Crippen LogP contribution in [0.1, 0.15) is 11.6 Å². The molecule has 0 fully saturated rings. The van der Waals surface area contributed by atoms with Crippen molar-refractivity contribution in [1.82, 2.24) is 5.32 Å². The van der Waals surface area contributed by atoms with Crippen molar-refractivity contribution in [3.63, 3.8) is 0 Å². The Kier molecular flexibility index (Phi) is 5.06. The third-order valence-electron chi connectivity index (χ3n) is 1.87. The van der Waals surface area contributed by atoms with Crippen molar-refractivity contribution in [2.45, 2.75) is 6.04 Å². The van der Waals surface area contributed by atoms with E-state index in [-0.39, 0.29) is 6.61 Å². The zero-order valence-electron chi connectivity index (χ0n) is 7.87. The van der Waals surface area contributed by atoms with Gasteiger partial charge in [-0.15, -0.1) is 0 Å². The van der Waals surface area contributed by atoms with Crippen LogP contribution in [0.5, 0.6) is 0 Å². The summed E-state index contributed by atoms with van der Waals surface area (Å²) in [4.78, 5) is 0. The highest BCUT2D eigenvalue weighted by molar-refractivity contribution is 9.10. The lowest BCUT2D eigenvalue weighted by atomic mass is 10.1. The maximum absolute atomic E-state index is 8.92. The van der Waals surface area contributed by atoms with Crippen LogP contribution < -0.4 is 5.32 Å². The van der Waals surface area contributed by atoms with Crippen LogP contribution in [-0.4, -0.2) is 18.3 Å². The predicted octanol–water partition coefficient (Wildman–Crippen LogP) is 2.25. The van der Waals surface area contributed by atoms with Gasteiger partial charge < -0.3 is 5.11 Å². The first-order valence-electron chi connectivity index (χ1n) is 4.38. The maximum atomic E-state index is 8.92. The molecule has 0 aliphatic rings. The Bertz CT molecular complexity index is 378. The fourth-order valence-corrected chi connectivity index (χ4v) is 1.65. The van der Waals surface area contributed by atoms with Crippen molar-refractivity contribution in [2.75, 3.05) is 13.2 Å². The normalized spacial score (nSPS) is 12.1. The summed E-state index contributed by atoms with van der Waals surface area (Å²) in [6.45, 7) is 0.394. The first-order chi connectivity index (χ1) is 7.19. The first kappa shape index (κ1) is 12.5. The number of aliphatic hydroxyl groups excluding tert-OH is 1. The molecule has 2 N–H and O–H groups in total. The lowest BCUT2D eigenvalue weighted by molar-refractivity contribution is 0.289. The number of nitrogens with one attached hydrogen (secondary N) is 1. The smallest absolute Gasteiger partial charge is 0.121 e. The van der Waals surface area contributed by atoms with Gasteiger partial charge in [0.2, 0.25) is 0 Å². The molecule has 0 radical (unpaired) electrons. The minimum absolute atomic E-state index is 0.00688. The Balaban J connectivity index is 2.84. The number of hydrogen-bond donors (Lipinski definition) is 2. The van der Waals surface area contributed by atoms with E-state index in [0.717, 1.165) is 10.0 Å². The molecule has 1 atom stereocenters. The molecule has 1 aromatic carbocycles. The third-order valence-corrected chi connectivity index (χ3v) is 3.08. The molecule has 0 bridgehead atoms. The van der Waals surface area contributed by atoms with Gasteiger partial charge in [0.1, 0.15) is 6.04 Å². The fourth-order valence-electron chi connectivity index (χ4n) is 1.14. The second-order valence-corrected chi connectivity index (χ2v) is 4.17. The summed E-state index contributed by atoms with van der Waals surface area (Å²) in [7, 11) is 0. The Morgan fingerprint density at radius 2 is 2.33 bits per heavy atom. The Hall–Kier alpha value is -0.600. The number of aliphatic hydroxyl groups is 1. The van der Waals surface area contributed by atoms with E-state index in [9.17, 15) is 0 Å². The molecule has 5 heteroatoms. The molecular formula is C10H10BrClN2O. The molecule has 0 saturated heterocycles. The van der Waals surface area contributed by atoms with Gasteiger partial charge in [-0.3, -0.25) is 5.32 Å². The lowest BCUT2D eigenvalue weighted by Gasteiger charge is -2.11. The van der Waals surface area contributed by atoms with E-state index in [1.165, 1.54) is 0 Å². The summed E-state index contributed by atoms with van der Waals surface area (Å²) in [5.41, 5.74) is 0.822. The van der Waals surface area contributed by atoms with E-state index in [2.05, 4.69) is 27.3 Å². The van der Waals surface area contributed by atoms with Gasteiger partial charge in [0, 0.05) is 11.0 Å². The fraction of sp³-hybridized carbons (Fsp3) is 0.300. The van der Waals surface area contributed by atoms with Crippen LogP contribution in [0.2, 0.25) is 5.02 Å². The van der Waals surface area contributed by atoms with Crippen LogP contribution in [0, 0.1) is 11.3 Å². The SMILES string of the molecule is N#CC(NCCO)c1ccc(Cl)c(Br)c1. The van der Waals surface area contributed by atoms with E-state index in [0.29, 0.717) is 11.6 Å². The molecule has 1 rings (SSSR count). The average molecular weight is 290 g/mol. The molecule has 0 saturated carbocycles.